The van der Waals surface area contributed by atoms with Crippen molar-refractivity contribution in [1.82, 2.24) is 19.8 Å². The Hall–Kier alpha value is -3.44. The summed E-state index contributed by atoms with van der Waals surface area (Å²) in [7, 11) is -1.31. The maximum absolute atomic E-state index is 14.7. The maximum atomic E-state index is 14.7. The van der Waals surface area contributed by atoms with E-state index in [1.807, 2.05) is 17.6 Å². The van der Waals surface area contributed by atoms with E-state index in [2.05, 4.69) is 29.9 Å². The number of hydrogen-bond donors (Lipinski definition) is 2. The fraction of sp³-hybridized carbons (Fsp3) is 0.516. The van der Waals surface area contributed by atoms with Crippen LogP contribution in [0.4, 0.5) is 9.18 Å². The summed E-state index contributed by atoms with van der Waals surface area (Å²) in [5.41, 5.74) is 3.67. The zero-order chi connectivity index (χ0) is 30.0. The number of hydrogen-bond acceptors (Lipinski definition) is 5. The minimum Gasteiger partial charge on any atom is -0.493 e. The molecule has 0 radical (unpaired) electrons. The van der Waals surface area contributed by atoms with Crippen LogP contribution in [0.3, 0.4) is 0 Å². The summed E-state index contributed by atoms with van der Waals surface area (Å²) in [5.74, 6) is 0.489. The molecule has 1 saturated carbocycles. The van der Waals surface area contributed by atoms with E-state index in [0.29, 0.717) is 78.7 Å². The third kappa shape index (κ3) is 6.95. The molecule has 2 N–H and O–H groups in total. The second kappa shape index (κ2) is 12.4. The van der Waals surface area contributed by atoms with Gasteiger partial charge in [0.1, 0.15) is 23.8 Å². The van der Waals surface area contributed by atoms with Crippen LogP contribution in [0.15, 0.2) is 30.5 Å². The van der Waals surface area contributed by atoms with Gasteiger partial charge in [-0.25, -0.2) is 9.18 Å². The first kappa shape index (κ1) is 30.0. The number of nitrogens with zero attached hydrogens (tertiary/aromatic N) is 3. The monoisotopic (exact) mass is 596 g/mol. The molecule has 0 spiro atoms. The van der Waals surface area contributed by atoms with Crippen LogP contribution in [0.1, 0.15) is 41.7 Å². The number of pyridine rings is 1. The Labute approximate surface area is 247 Å². The quantitative estimate of drug-likeness (QED) is 0.204. The van der Waals surface area contributed by atoms with Crippen LogP contribution in [0.2, 0.25) is 25.7 Å². The number of carbonyl (C=O) groups excluding carboxylic acids is 1. The Bertz CT molecular complexity index is 1460. The molecular formula is C31H41FN4O5Si. The highest BCUT2D eigenvalue weighted by Gasteiger charge is 2.29. The van der Waals surface area contributed by atoms with Gasteiger partial charge in [-0.3, -0.25) is 9.78 Å². The molecule has 1 aliphatic heterocycles. The molecule has 11 heteroatoms. The Morgan fingerprint density at radius 3 is 2.52 bits per heavy atom. The predicted molar refractivity (Wildman–Crippen MR) is 162 cm³/mol. The van der Waals surface area contributed by atoms with E-state index in [0.717, 1.165) is 24.4 Å². The Morgan fingerprint density at radius 2 is 1.86 bits per heavy atom. The summed E-state index contributed by atoms with van der Waals surface area (Å²) in [5, 5.41) is 12.4. The van der Waals surface area contributed by atoms with Gasteiger partial charge in [0.2, 0.25) is 0 Å². The lowest BCUT2D eigenvalue weighted by Gasteiger charge is -2.30. The number of nitrogens with one attached hydrogen (secondary N) is 1. The molecule has 2 aliphatic rings. The van der Waals surface area contributed by atoms with E-state index >= 15 is 0 Å². The zero-order valence-electron chi connectivity index (χ0n) is 24.9. The summed E-state index contributed by atoms with van der Waals surface area (Å²) in [6.07, 6.45) is 4.06. The number of carboxylic acid groups (broad SMARTS) is 1. The fourth-order valence-electron chi connectivity index (χ4n) is 5.37. The first-order valence-electron chi connectivity index (χ1n) is 14.8. The van der Waals surface area contributed by atoms with Crippen LogP contribution in [-0.4, -0.2) is 72.0 Å². The molecule has 0 bridgehead atoms. The van der Waals surface area contributed by atoms with Crippen molar-refractivity contribution < 1.29 is 28.6 Å². The minimum absolute atomic E-state index is 0.146. The van der Waals surface area contributed by atoms with Crippen molar-refractivity contribution in [2.45, 2.75) is 71.1 Å². The second-order valence-corrected chi connectivity index (χ2v) is 18.3. The van der Waals surface area contributed by atoms with Gasteiger partial charge in [-0.15, -0.1) is 0 Å². The van der Waals surface area contributed by atoms with Crippen molar-refractivity contribution in [3.05, 3.63) is 47.5 Å². The van der Waals surface area contributed by atoms with Gasteiger partial charge in [0.15, 0.2) is 0 Å². The summed E-state index contributed by atoms with van der Waals surface area (Å²) >= 11 is 0. The average Bonchev–Trinajstić information content (AvgIpc) is 3.72. The molecule has 3 aromatic rings. The first-order valence-corrected chi connectivity index (χ1v) is 18.5. The standard InChI is InChI=1S/C31H41FN4O5Si/c1-20-27(30(37)34-23-10-13-35(14-11-23)31(38)39)28-29(36(20)19-40-15-16-42(2,3)4)24(9-12-33-28)25-17-22(32)7-8-26(25)41-18-21-5-6-21/h7-9,12,17,21,23H,5-6,10-11,13-16,18-19H2,1-4H3,(H,34,37)(H,38,39). The van der Waals surface area contributed by atoms with Crippen LogP contribution in [0.25, 0.3) is 22.2 Å². The molecule has 3 heterocycles. The summed E-state index contributed by atoms with van der Waals surface area (Å²) in [4.78, 5) is 31.1. The van der Waals surface area contributed by atoms with Gasteiger partial charge >= 0.3 is 6.09 Å². The first-order chi connectivity index (χ1) is 20.0. The number of benzene rings is 1. The molecule has 2 aromatic heterocycles. The van der Waals surface area contributed by atoms with Gasteiger partial charge in [-0.1, -0.05) is 19.6 Å². The van der Waals surface area contributed by atoms with E-state index in [4.69, 9.17) is 9.47 Å². The summed E-state index contributed by atoms with van der Waals surface area (Å²) < 4.78 is 28.9. The van der Waals surface area contributed by atoms with Gasteiger partial charge in [0, 0.05) is 56.8 Å². The molecule has 0 unspecified atom stereocenters. The van der Waals surface area contributed by atoms with E-state index < -0.39 is 14.2 Å². The molecule has 226 valence electrons. The highest BCUT2D eigenvalue weighted by molar-refractivity contribution is 6.76. The lowest BCUT2D eigenvalue weighted by atomic mass is 10.0. The second-order valence-electron chi connectivity index (χ2n) is 12.7. The van der Waals surface area contributed by atoms with Crippen LogP contribution >= 0.6 is 0 Å². The van der Waals surface area contributed by atoms with Crippen LogP contribution in [-0.2, 0) is 11.5 Å². The highest BCUT2D eigenvalue weighted by atomic mass is 28.3. The molecule has 42 heavy (non-hydrogen) atoms. The molecule has 0 atom stereocenters. The Balaban J connectivity index is 1.52. The SMILES string of the molecule is Cc1c(C(=O)NC2CCN(C(=O)O)CC2)c2nccc(-c3cc(F)ccc3OCC3CC3)c2n1COCC[Si](C)(C)C. The van der Waals surface area contributed by atoms with Gasteiger partial charge in [-0.2, -0.15) is 0 Å². The van der Waals surface area contributed by atoms with E-state index in [9.17, 15) is 19.1 Å². The topological polar surface area (TPSA) is 106 Å². The highest BCUT2D eigenvalue weighted by Crippen LogP contribution is 2.39. The molecular weight excluding hydrogens is 555 g/mol. The van der Waals surface area contributed by atoms with Crippen molar-refractivity contribution >= 4 is 31.1 Å². The van der Waals surface area contributed by atoms with E-state index in [-0.39, 0.29) is 24.5 Å². The van der Waals surface area contributed by atoms with Crippen LogP contribution in [0.5, 0.6) is 5.75 Å². The van der Waals surface area contributed by atoms with Gasteiger partial charge in [0.25, 0.3) is 5.91 Å². The van der Waals surface area contributed by atoms with Crippen molar-refractivity contribution in [1.29, 1.82) is 0 Å². The van der Waals surface area contributed by atoms with Gasteiger partial charge < -0.3 is 29.4 Å². The van der Waals surface area contributed by atoms with Gasteiger partial charge in [0.05, 0.1) is 17.7 Å². The molecule has 2 fully saturated rings. The number of aromatic nitrogens is 2. The number of rotatable bonds is 11. The third-order valence-corrected chi connectivity index (χ3v) is 9.85. The average molecular weight is 597 g/mol. The van der Waals surface area contributed by atoms with Crippen molar-refractivity contribution in [2.24, 2.45) is 5.92 Å². The molecule has 5 rings (SSSR count). The Morgan fingerprint density at radius 1 is 1.12 bits per heavy atom. The molecule has 1 saturated heterocycles. The molecule has 1 aliphatic carbocycles. The number of fused-ring (bicyclic) bond motifs is 1. The predicted octanol–water partition coefficient (Wildman–Crippen LogP) is 6.12. The number of carbonyl (C=O) groups is 2. The molecule has 2 amide bonds. The lowest BCUT2D eigenvalue weighted by molar-refractivity contribution is 0.0874. The molecule has 9 nitrogen and oxygen atoms in total. The van der Waals surface area contributed by atoms with Crippen molar-refractivity contribution in [2.75, 3.05) is 26.3 Å². The number of likely N-dealkylation sites (tertiary alicyclic amines) is 1. The maximum Gasteiger partial charge on any atom is 0.407 e. The lowest BCUT2D eigenvalue weighted by Crippen LogP contribution is -2.46. The third-order valence-electron chi connectivity index (χ3n) is 8.15. The Kier molecular flexibility index (Phi) is 8.88. The normalized spacial score (nSPS) is 16.2. The number of piperidine rings is 1. The molecule has 1 aromatic carbocycles. The van der Waals surface area contributed by atoms with Crippen molar-refractivity contribution in [3.63, 3.8) is 0 Å². The number of amides is 2. The van der Waals surface area contributed by atoms with Gasteiger partial charge in [-0.05, 0) is 68.8 Å². The van der Waals surface area contributed by atoms with E-state index in [1.165, 1.54) is 17.0 Å². The number of halogens is 1. The largest absolute Gasteiger partial charge is 0.493 e. The fourth-order valence-corrected chi connectivity index (χ4v) is 6.13. The summed E-state index contributed by atoms with van der Waals surface area (Å²) in [6, 6.07) is 7.24. The zero-order valence-corrected chi connectivity index (χ0v) is 25.9. The minimum atomic E-state index is -1.31. The summed E-state index contributed by atoms with van der Waals surface area (Å²) in [6.45, 7) is 10.9. The van der Waals surface area contributed by atoms with Crippen LogP contribution in [0, 0.1) is 18.7 Å². The van der Waals surface area contributed by atoms with Crippen LogP contribution < -0.4 is 10.1 Å². The number of ether oxygens (including phenoxy) is 2. The van der Waals surface area contributed by atoms with Crippen molar-refractivity contribution in [3.8, 4) is 16.9 Å². The van der Waals surface area contributed by atoms with E-state index in [1.54, 1.807) is 12.3 Å². The smallest absolute Gasteiger partial charge is 0.407 e.